The zero-order chi connectivity index (χ0) is 14.1. The molecule has 108 valence electrons. The van der Waals surface area contributed by atoms with Crippen LogP contribution in [0.3, 0.4) is 0 Å². The van der Waals surface area contributed by atoms with Crippen LogP contribution in [-0.2, 0) is 23.1 Å². The highest BCUT2D eigenvalue weighted by molar-refractivity contribution is 5.84. The van der Waals surface area contributed by atoms with Gasteiger partial charge in [-0.3, -0.25) is 0 Å². The minimum Gasteiger partial charge on any atom is -0.378 e. The van der Waals surface area contributed by atoms with Crippen LogP contribution in [0.4, 0.5) is 5.82 Å². The molecule has 7 nitrogen and oxygen atoms in total. The van der Waals surface area contributed by atoms with E-state index in [2.05, 4.69) is 19.9 Å². The first kappa shape index (κ1) is 13.3. The van der Waals surface area contributed by atoms with Gasteiger partial charge in [-0.2, -0.15) is 0 Å². The Balaban J connectivity index is 2.12. The summed E-state index contributed by atoms with van der Waals surface area (Å²) in [5, 5.41) is 0. The van der Waals surface area contributed by atoms with Crippen LogP contribution in [0.5, 0.6) is 0 Å². The molecule has 0 N–H and O–H groups in total. The number of aromatic nitrogens is 4. The Morgan fingerprint density at radius 3 is 2.65 bits per heavy atom. The Bertz CT molecular complexity index is 619. The summed E-state index contributed by atoms with van der Waals surface area (Å²) in [5.74, 6) is 2.51. The molecule has 0 radical (unpaired) electrons. The number of hydrogen-bond donors (Lipinski definition) is 0. The van der Waals surface area contributed by atoms with Crippen molar-refractivity contribution >= 4 is 17.0 Å². The van der Waals surface area contributed by atoms with E-state index in [1.165, 1.54) is 0 Å². The number of hydrogen-bond acceptors (Lipinski definition) is 6. The third-order valence-electron chi connectivity index (χ3n) is 3.49. The number of imidazole rings is 1. The van der Waals surface area contributed by atoms with Crippen molar-refractivity contribution < 1.29 is 9.47 Å². The van der Waals surface area contributed by atoms with Gasteiger partial charge in [-0.05, 0) is 6.92 Å². The van der Waals surface area contributed by atoms with Gasteiger partial charge in [-0.1, -0.05) is 0 Å². The first-order valence-electron chi connectivity index (χ1n) is 6.72. The van der Waals surface area contributed by atoms with Gasteiger partial charge in [0.05, 0.1) is 13.2 Å². The first-order valence-corrected chi connectivity index (χ1v) is 6.72. The van der Waals surface area contributed by atoms with Gasteiger partial charge >= 0.3 is 0 Å². The normalized spacial score (nSPS) is 16.1. The molecule has 3 heterocycles. The summed E-state index contributed by atoms with van der Waals surface area (Å²) in [4.78, 5) is 16.0. The van der Waals surface area contributed by atoms with E-state index < -0.39 is 0 Å². The van der Waals surface area contributed by atoms with Crippen LogP contribution in [0.25, 0.3) is 11.2 Å². The van der Waals surface area contributed by atoms with Crippen LogP contribution in [0, 0.1) is 6.92 Å². The molecule has 0 atom stereocenters. The maximum absolute atomic E-state index is 5.40. The first-order chi connectivity index (χ1) is 9.70. The lowest BCUT2D eigenvalue weighted by molar-refractivity contribution is 0.122. The van der Waals surface area contributed by atoms with Crippen molar-refractivity contribution in [3.8, 4) is 0 Å². The van der Waals surface area contributed by atoms with Gasteiger partial charge in [0.15, 0.2) is 17.0 Å². The molecule has 0 saturated carbocycles. The standard InChI is InChI=1S/C13H19N5O2/c1-9-14-12-11(16-10(8-19-3)17(12)2)13(15-9)18-4-6-20-7-5-18/h4-8H2,1-3H3. The van der Waals surface area contributed by atoms with E-state index in [1.807, 2.05) is 18.5 Å². The molecular weight excluding hydrogens is 258 g/mol. The third-order valence-corrected chi connectivity index (χ3v) is 3.49. The second kappa shape index (κ2) is 5.34. The van der Waals surface area contributed by atoms with Crippen LogP contribution in [0.1, 0.15) is 11.6 Å². The predicted octanol–water partition coefficient (Wildman–Crippen LogP) is 0.655. The van der Waals surface area contributed by atoms with Gasteiger partial charge in [0.2, 0.25) is 0 Å². The molecule has 0 aromatic carbocycles. The summed E-state index contributed by atoms with van der Waals surface area (Å²) >= 11 is 0. The smallest absolute Gasteiger partial charge is 0.165 e. The Kier molecular flexibility index (Phi) is 3.54. The van der Waals surface area contributed by atoms with Crippen LogP contribution in [0.2, 0.25) is 0 Å². The molecule has 0 bridgehead atoms. The Labute approximate surface area is 117 Å². The minimum absolute atomic E-state index is 0.467. The lowest BCUT2D eigenvalue weighted by Gasteiger charge is -2.27. The van der Waals surface area contributed by atoms with E-state index in [4.69, 9.17) is 9.47 Å². The second-order valence-corrected chi connectivity index (χ2v) is 4.89. The lowest BCUT2D eigenvalue weighted by atomic mass is 10.3. The van der Waals surface area contributed by atoms with Crippen molar-refractivity contribution in [2.75, 3.05) is 38.3 Å². The fourth-order valence-corrected chi connectivity index (χ4v) is 2.45. The minimum atomic E-state index is 0.467. The fraction of sp³-hybridized carbons (Fsp3) is 0.615. The summed E-state index contributed by atoms with van der Waals surface area (Å²) in [7, 11) is 3.62. The lowest BCUT2D eigenvalue weighted by Crippen LogP contribution is -2.37. The molecule has 3 rings (SSSR count). The monoisotopic (exact) mass is 277 g/mol. The van der Waals surface area contributed by atoms with Crippen molar-refractivity contribution in [2.45, 2.75) is 13.5 Å². The van der Waals surface area contributed by atoms with Crippen molar-refractivity contribution in [1.82, 2.24) is 19.5 Å². The largest absolute Gasteiger partial charge is 0.378 e. The summed E-state index contributed by atoms with van der Waals surface area (Å²) in [6, 6.07) is 0. The molecule has 20 heavy (non-hydrogen) atoms. The number of anilines is 1. The van der Waals surface area contributed by atoms with E-state index >= 15 is 0 Å². The molecule has 0 amide bonds. The molecule has 1 saturated heterocycles. The van der Waals surface area contributed by atoms with Gasteiger partial charge < -0.3 is 18.9 Å². The molecule has 0 aliphatic carbocycles. The zero-order valence-electron chi connectivity index (χ0n) is 12.1. The quantitative estimate of drug-likeness (QED) is 0.821. The number of nitrogens with zero attached hydrogens (tertiary/aromatic N) is 5. The summed E-state index contributed by atoms with van der Waals surface area (Å²) < 4.78 is 12.6. The molecule has 2 aromatic rings. The van der Waals surface area contributed by atoms with Crippen LogP contribution < -0.4 is 4.90 Å². The highest BCUT2D eigenvalue weighted by Crippen LogP contribution is 2.24. The van der Waals surface area contributed by atoms with Crippen LogP contribution in [-0.4, -0.2) is 52.9 Å². The Hall–Kier alpha value is -1.73. The van der Waals surface area contributed by atoms with Gasteiger partial charge in [-0.15, -0.1) is 0 Å². The van der Waals surface area contributed by atoms with Crippen molar-refractivity contribution in [1.29, 1.82) is 0 Å². The molecular formula is C13H19N5O2. The number of morpholine rings is 1. The van der Waals surface area contributed by atoms with Crippen molar-refractivity contribution in [3.63, 3.8) is 0 Å². The number of rotatable bonds is 3. The Morgan fingerprint density at radius 1 is 1.20 bits per heavy atom. The van der Waals surface area contributed by atoms with E-state index in [9.17, 15) is 0 Å². The second-order valence-electron chi connectivity index (χ2n) is 4.89. The topological polar surface area (TPSA) is 65.3 Å². The number of aryl methyl sites for hydroxylation is 2. The average Bonchev–Trinajstić information content (AvgIpc) is 2.77. The zero-order valence-corrected chi connectivity index (χ0v) is 12.1. The molecule has 0 unspecified atom stereocenters. The molecule has 1 fully saturated rings. The van der Waals surface area contributed by atoms with Gasteiger partial charge in [0.25, 0.3) is 0 Å². The van der Waals surface area contributed by atoms with E-state index in [-0.39, 0.29) is 0 Å². The highest BCUT2D eigenvalue weighted by atomic mass is 16.5. The number of methoxy groups -OCH3 is 1. The van der Waals surface area contributed by atoms with E-state index in [1.54, 1.807) is 7.11 Å². The average molecular weight is 277 g/mol. The summed E-state index contributed by atoms with van der Waals surface area (Å²) in [6.45, 7) is 5.49. The molecule has 1 aliphatic heterocycles. The highest BCUT2D eigenvalue weighted by Gasteiger charge is 2.20. The molecule has 2 aromatic heterocycles. The summed E-state index contributed by atoms with van der Waals surface area (Å²) in [6.07, 6.45) is 0. The van der Waals surface area contributed by atoms with Crippen LogP contribution >= 0.6 is 0 Å². The van der Waals surface area contributed by atoms with Crippen molar-refractivity contribution in [3.05, 3.63) is 11.6 Å². The SMILES string of the molecule is COCc1nc2c(N3CCOCC3)nc(C)nc2n1C. The van der Waals surface area contributed by atoms with Crippen molar-refractivity contribution in [2.24, 2.45) is 7.05 Å². The molecule has 1 aliphatic rings. The van der Waals surface area contributed by atoms with E-state index in [0.717, 1.165) is 54.9 Å². The summed E-state index contributed by atoms with van der Waals surface area (Å²) in [5.41, 5.74) is 1.69. The number of fused-ring (bicyclic) bond motifs is 1. The maximum Gasteiger partial charge on any atom is 0.165 e. The van der Waals surface area contributed by atoms with Crippen LogP contribution in [0.15, 0.2) is 0 Å². The predicted molar refractivity (Wildman–Crippen MR) is 74.8 cm³/mol. The number of ether oxygens (including phenoxy) is 2. The fourth-order valence-electron chi connectivity index (χ4n) is 2.45. The van der Waals surface area contributed by atoms with E-state index in [0.29, 0.717) is 6.61 Å². The van der Waals surface area contributed by atoms with Gasteiger partial charge in [0, 0.05) is 27.2 Å². The van der Waals surface area contributed by atoms with Gasteiger partial charge in [0.1, 0.15) is 18.3 Å². The third kappa shape index (κ3) is 2.23. The Morgan fingerprint density at radius 2 is 1.95 bits per heavy atom. The molecule has 7 heteroatoms. The maximum atomic E-state index is 5.40. The molecule has 0 spiro atoms. The van der Waals surface area contributed by atoms with Gasteiger partial charge in [-0.25, -0.2) is 15.0 Å².